The average molecular weight is 358 g/mol. The average Bonchev–Trinajstić information content (AvgIpc) is 2.60. The van der Waals surface area contributed by atoms with Crippen molar-refractivity contribution in [2.45, 2.75) is 19.4 Å². The minimum absolute atomic E-state index is 0.0679. The first-order valence-corrected chi connectivity index (χ1v) is 7.90. The Balaban J connectivity index is 2.22. The van der Waals surface area contributed by atoms with E-state index in [4.69, 9.17) is 4.74 Å². The van der Waals surface area contributed by atoms with Gasteiger partial charge in [-0.2, -0.15) is 0 Å². The predicted molar refractivity (Wildman–Crippen MR) is 94.1 cm³/mol. The van der Waals surface area contributed by atoms with E-state index in [1.807, 2.05) is 0 Å². The highest BCUT2D eigenvalue weighted by atomic mass is 19.1. The SMILES string of the molecule is COC(=O)[C@H](Cc1cccc(F)c1)NC(=O)c1ccccc1NC(C)=O. The molecule has 136 valence electrons. The zero-order valence-corrected chi connectivity index (χ0v) is 14.4. The minimum atomic E-state index is -1.00. The Morgan fingerprint density at radius 1 is 1.12 bits per heavy atom. The number of rotatable bonds is 6. The summed E-state index contributed by atoms with van der Waals surface area (Å²) in [6, 6.07) is 11.2. The van der Waals surface area contributed by atoms with Gasteiger partial charge in [0.2, 0.25) is 5.91 Å². The molecule has 2 N–H and O–H groups in total. The van der Waals surface area contributed by atoms with E-state index in [0.29, 0.717) is 11.3 Å². The van der Waals surface area contributed by atoms with E-state index in [1.165, 1.54) is 38.3 Å². The van der Waals surface area contributed by atoms with Gasteiger partial charge in [0.1, 0.15) is 11.9 Å². The van der Waals surface area contributed by atoms with Crippen LogP contribution in [0.3, 0.4) is 0 Å². The van der Waals surface area contributed by atoms with Gasteiger partial charge in [-0.05, 0) is 29.8 Å². The number of methoxy groups -OCH3 is 1. The molecule has 0 aliphatic carbocycles. The maximum absolute atomic E-state index is 13.4. The van der Waals surface area contributed by atoms with Crippen LogP contribution in [-0.4, -0.2) is 30.9 Å². The molecule has 2 aromatic carbocycles. The summed E-state index contributed by atoms with van der Waals surface area (Å²) in [6.45, 7) is 1.33. The van der Waals surface area contributed by atoms with Gasteiger partial charge in [0.25, 0.3) is 5.91 Å². The zero-order valence-electron chi connectivity index (χ0n) is 14.4. The molecule has 0 aliphatic heterocycles. The molecule has 2 aromatic rings. The van der Waals surface area contributed by atoms with Crippen molar-refractivity contribution >= 4 is 23.5 Å². The van der Waals surface area contributed by atoms with Crippen LogP contribution in [-0.2, 0) is 20.7 Å². The Kier molecular flexibility index (Phi) is 6.43. The van der Waals surface area contributed by atoms with Crippen LogP contribution in [0.2, 0.25) is 0 Å². The van der Waals surface area contributed by atoms with Gasteiger partial charge in [-0.25, -0.2) is 9.18 Å². The van der Waals surface area contributed by atoms with Crippen molar-refractivity contribution in [1.82, 2.24) is 5.32 Å². The number of nitrogens with one attached hydrogen (secondary N) is 2. The number of ether oxygens (including phenoxy) is 1. The number of esters is 1. The van der Waals surface area contributed by atoms with Crippen molar-refractivity contribution in [3.8, 4) is 0 Å². The van der Waals surface area contributed by atoms with Crippen LogP contribution in [0.5, 0.6) is 0 Å². The van der Waals surface area contributed by atoms with E-state index >= 15 is 0 Å². The van der Waals surface area contributed by atoms with E-state index < -0.39 is 23.7 Å². The van der Waals surface area contributed by atoms with E-state index in [-0.39, 0.29) is 17.9 Å². The summed E-state index contributed by atoms with van der Waals surface area (Å²) in [4.78, 5) is 35.9. The molecular formula is C19H19FN2O4. The third-order valence-corrected chi connectivity index (χ3v) is 3.60. The third-order valence-electron chi connectivity index (χ3n) is 3.60. The number of halogens is 1. The highest BCUT2D eigenvalue weighted by molar-refractivity contribution is 6.04. The van der Waals surface area contributed by atoms with E-state index in [1.54, 1.807) is 24.3 Å². The molecule has 1 atom stereocenters. The standard InChI is InChI=1S/C19H19FN2O4/c1-12(23)21-16-9-4-3-8-15(16)18(24)22-17(19(25)26-2)11-13-6-5-7-14(20)10-13/h3-10,17H,11H2,1-2H3,(H,21,23)(H,22,24)/t17-/m0/s1. The van der Waals surface area contributed by atoms with Crippen molar-refractivity contribution in [2.24, 2.45) is 0 Å². The van der Waals surface area contributed by atoms with Gasteiger partial charge < -0.3 is 15.4 Å². The van der Waals surface area contributed by atoms with Crippen LogP contribution >= 0.6 is 0 Å². The number of hydrogen-bond acceptors (Lipinski definition) is 4. The molecular weight excluding hydrogens is 339 g/mol. The number of amides is 2. The van der Waals surface area contributed by atoms with Crippen molar-refractivity contribution < 1.29 is 23.5 Å². The van der Waals surface area contributed by atoms with Crippen LogP contribution < -0.4 is 10.6 Å². The van der Waals surface area contributed by atoms with Crippen molar-refractivity contribution in [2.75, 3.05) is 12.4 Å². The van der Waals surface area contributed by atoms with Gasteiger partial charge in [0.05, 0.1) is 18.4 Å². The predicted octanol–water partition coefficient (Wildman–Crippen LogP) is 2.30. The third kappa shape index (κ3) is 5.14. The Labute approximate surface area is 150 Å². The first-order valence-electron chi connectivity index (χ1n) is 7.90. The quantitative estimate of drug-likeness (QED) is 0.776. The molecule has 0 spiro atoms. The molecule has 0 unspecified atom stereocenters. The molecule has 0 heterocycles. The van der Waals surface area contributed by atoms with Gasteiger partial charge in [-0.15, -0.1) is 0 Å². The Hall–Kier alpha value is -3.22. The van der Waals surface area contributed by atoms with Gasteiger partial charge in [0.15, 0.2) is 0 Å². The molecule has 6 nitrogen and oxygen atoms in total. The Morgan fingerprint density at radius 3 is 2.50 bits per heavy atom. The molecule has 0 radical (unpaired) electrons. The molecule has 0 aromatic heterocycles. The van der Waals surface area contributed by atoms with Crippen molar-refractivity contribution in [3.63, 3.8) is 0 Å². The first kappa shape index (κ1) is 19.1. The Morgan fingerprint density at radius 2 is 1.85 bits per heavy atom. The molecule has 2 rings (SSSR count). The summed E-state index contributed by atoms with van der Waals surface area (Å²) in [6.07, 6.45) is 0.0679. The summed E-state index contributed by atoms with van der Waals surface area (Å²) in [5.74, 6) is -1.97. The molecule has 0 aliphatic rings. The summed E-state index contributed by atoms with van der Waals surface area (Å²) in [7, 11) is 1.21. The second-order valence-corrected chi connectivity index (χ2v) is 5.61. The van der Waals surface area contributed by atoms with E-state index in [9.17, 15) is 18.8 Å². The van der Waals surface area contributed by atoms with Gasteiger partial charge in [-0.3, -0.25) is 9.59 Å². The van der Waals surface area contributed by atoms with Crippen LogP contribution in [0.4, 0.5) is 10.1 Å². The second kappa shape index (κ2) is 8.75. The van der Waals surface area contributed by atoms with Crippen LogP contribution in [0.25, 0.3) is 0 Å². The first-order chi connectivity index (χ1) is 12.4. The van der Waals surface area contributed by atoms with Crippen LogP contribution in [0.15, 0.2) is 48.5 Å². The summed E-state index contributed by atoms with van der Waals surface area (Å²) >= 11 is 0. The number of hydrogen-bond donors (Lipinski definition) is 2. The second-order valence-electron chi connectivity index (χ2n) is 5.61. The monoisotopic (exact) mass is 358 g/mol. The fourth-order valence-electron chi connectivity index (χ4n) is 2.45. The molecule has 7 heteroatoms. The molecule has 26 heavy (non-hydrogen) atoms. The van der Waals surface area contributed by atoms with Crippen molar-refractivity contribution in [3.05, 3.63) is 65.5 Å². The smallest absolute Gasteiger partial charge is 0.328 e. The lowest BCUT2D eigenvalue weighted by atomic mass is 10.0. The molecule has 2 amide bonds. The maximum atomic E-state index is 13.4. The van der Waals surface area contributed by atoms with Crippen molar-refractivity contribution in [1.29, 1.82) is 0 Å². The number of para-hydroxylation sites is 1. The molecule has 0 saturated carbocycles. The summed E-state index contributed by atoms with van der Waals surface area (Å²) in [5, 5.41) is 5.14. The van der Waals surface area contributed by atoms with Gasteiger partial charge >= 0.3 is 5.97 Å². The maximum Gasteiger partial charge on any atom is 0.328 e. The topological polar surface area (TPSA) is 84.5 Å². The lowest BCUT2D eigenvalue weighted by Gasteiger charge is -2.18. The molecule has 0 fully saturated rings. The fraction of sp³-hybridized carbons (Fsp3) is 0.211. The van der Waals surface area contributed by atoms with E-state index in [2.05, 4.69) is 10.6 Å². The van der Waals surface area contributed by atoms with Gasteiger partial charge in [-0.1, -0.05) is 24.3 Å². The van der Waals surface area contributed by atoms with E-state index in [0.717, 1.165) is 0 Å². The fourth-order valence-corrected chi connectivity index (χ4v) is 2.45. The summed E-state index contributed by atoms with van der Waals surface area (Å²) in [5.41, 5.74) is 1.07. The number of anilines is 1. The van der Waals surface area contributed by atoms with Crippen LogP contribution in [0, 0.1) is 5.82 Å². The number of benzene rings is 2. The minimum Gasteiger partial charge on any atom is -0.467 e. The highest BCUT2D eigenvalue weighted by Gasteiger charge is 2.24. The molecule has 0 bridgehead atoms. The largest absolute Gasteiger partial charge is 0.467 e. The highest BCUT2D eigenvalue weighted by Crippen LogP contribution is 2.16. The number of carbonyl (C=O) groups excluding carboxylic acids is 3. The normalized spacial score (nSPS) is 11.3. The number of carbonyl (C=O) groups is 3. The van der Waals surface area contributed by atoms with Crippen LogP contribution in [0.1, 0.15) is 22.8 Å². The van der Waals surface area contributed by atoms with Gasteiger partial charge in [0, 0.05) is 13.3 Å². The lowest BCUT2D eigenvalue weighted by Crippen LogP contribution is -2.43. The zero-order chi connectivity index (χ0) is 19.1. The molecule has 0 saturated heterocycles. The summed E-state index contributed by atoms with van der Waals surface area (Å²) < 4.78 is 18.1. The lowest BCUT2D eigenvalue weighted by molar-refractivity contribution is -0.142. The Bertz CT molecular complexity index is 823.